The Morgan fingerprint density at radius 2 is 1.96 bits per heavy atom. The van der Waals surface area contributed by atoms with Crippen LogP contribution in [0.3, 0.4) is 0 Å². The summed E-state index contributed by atoms with van der Waals surface area (Å²) >= 11 is 0. The lowest BCUT2D eigenvalue weighted by molar-refractivity contribution is -0.113. The average Bonchev–Trinajstić information content (AvgIpc) is 2.69. The molecule has 1 amide bonds. The van der Waals surface area contributed by atoms with Crippen molar-refractivity contribution in [2.75, 3.05) is 11.9 Å². The zero-order chi connectivity index (χ0) is 18.5. The van der Waals surface area contributed by atoms with Gasteiger partial charge in [-0.3, -0.25) is 4.79 Å². The molecule has 0 spiro atoms. The van der Waals surface area contributed by atoms with Crippen LogP contribution in [0.4, 0.5) is 11.5 Å². The molecule has 3 aromatic rings. The van der Waals surface area contributed by atoms with Crippen molar-refractivity contribution in [2.45, 2.75) is 0 Å². The molecular weight excluding hydrogens is 340 g/mol. The number of ether oxygens (including phenoxy) is 1. The minimum Gasteiger partial charge on any atom is -0.490 e. The SMILES string of the molecule is O=C1/C=C\COc2ccc3ncnc(c3c2)Nc2ccccc2C=CC=N1. The van der Waals surface area contributed by atoms with E-state index in [1.165, 1.54) is 18.6 Å². The van der Waals surface area contributed by atoms with E-state index in [1.54, 1.807) is 12.2 Å². The number of nitrogens with one attached hydrogen (secondary N) is 1. The van der Waals surface area contributed by atoms with Crippen LogP contribution in [-0.4, -0.2) is 28.7 Å². The summed E-state index contributed by atoms with van der Waals surface area (Å²) in [6, 6.07) is 13.4. The van der Waals surface area contributed by atoms with E-state index in [2.05, 4.69) is 20.3 Å². The van der Waals surface area contributed by atoms with Crippen molar-refractivity contribution in [1.82, 2.24) is 9.97 Å². The summed E-state index contributed by atoms with van der Waals surface area (Å²) in [6.45, 7) is 0.266. The molecule has 132 valence electrons. The van der Waals surface area contributed by atoms with Crippen LogP contribution in [0.1, 0.15) is 5.56 Å². The maximum Gasteiger partial charge on any atom is 0.269 e. The van der Waals surface area contributed by atoms with E-state index >= 15 is 0 Å². The van der Waals surface area contributed by atoms with Gasteiger partial charge in [0.15, 0.2) is 0 Å². The third-order valence-corrected chi connectivity index (χ3v) is 3.99. The summed E-state index contributed by atoms with van der Waals surface area (Å²) in [5, 5.41) is 4.21. The van der Waals surface area contributed by atoms with E-state index in [0.717, 1.165) is 22.2 Å². The molecule has 2 heterocycles. The Balaban J connectivity index is 1.83. The van der Waals surface area contributed by atoms with E-state index in [-0.39, 0.29) is 12.5 Å². The van der Waals surface area contributed by atoms with Crippen LogP contribution in [0, 0.1) is 0 Å². The maximum absolute atomic E-state index is 11.7. The molecule has 2 aromatic carbocycles. The minimum atomic E-state index is -0.337. The fourth-order valence-corrected chi connectivity index (χ4v) is 2.71. The standard InChI is InChI=1S/C21H16N4O2/c26-20-8-4-12-27-16-9-10-19-17(13-16)21(24-14-23-19)25-18-7-2-1-5-15(18)6-3-11-22-20/h1-11,13-14H,12H2,(H,23,24,25)/b6-3?,8-4-,22-11?. The van der Waals surface area contributed by atoms with Crippen LogP contribution < -0.4 is 10.1 Å². The van der Waals surface area contributed by atoms with Crippen LogP contribution >= 0.6 is 0 Å². The van der Waals surface area contributed by atoms with Gasteiger partial charge in [-0.05, 0) is 42.0 Å². The summed E-state index contributed by atoms with van der Waals surface area (Å²) in [4.78, 5) is 24.3. The zero-order valence-corrected chi connectivity index (χ0v) is 14.4. The van der Waals surface area contributed by atoms with Gasteiger partial charge in [0.1, 0.15) is 24.5 Å². The molecule has 2 bridgehead atoms. The van der Waals surface area contributed by atoms with Gasteiger partial charge in [0.25, 0.3) is 5.91 Å². The molecule has 1 N–H and O–H groups in total. The molecule has 0 radical (unpaired) electrons. The third-order valence-electron chi connectivity index (χ3n) is 3.99. The van der Waals surface area contributed by atoms with Crippen LogP contribution in [0.5, 0.6) is 5.75 Å². The van der Waals surface area contributed by atoms with Crippen molar-refractivity contribution in [2.24, 2.45) is 4.99 Å². The fraction of sp³-hybridized carbons (Fsp3) is 0.0476. The van der Waals surface area contributed by atoms with Crippen LogP contribution in [0.25, 0.3) is 17.0 Å². The van der Waals surface area contributed by atoms with Crippen molar-refractivity contribution in [3.8, 4) is 5.75 Å². The summed E-state index contributed by atoms with van der Waals surface area (Å²) in [5.41, 5.74) is 2.64. The van der Waals surface area contributed by atoms with Gasteiger partial charge in [0.2, 0.25) is 0 Å². The number of fused-ring (bicyclic) bond motifs is 2. The average molecular weight is 356 g/mol. The minimum absolute atomic E-state index is 0.266. The number of nitrogens with zero attached hydrogens (tertiary/aromatic N) is 3. The summed E-state index contributed by atoms with van der Waals surface area (Å²) < 4.78 is 5.70. The molecular formula is C21H16N4O2. The van der Waals surface area contributed by atoms with Crippen molar-refractivity contribution in [3.63, 3.8) is 0 Å². The van der Waals surface area contributed by atoms with Crippen molar-refractivity contribution in [3.05, 3.63) is 72.6 Å². The summed E-state index contributed by atoms with van der Waals surface area (Å²) in [6.07, 6.45) is 9.64. The Labute approximate surface area is 155 Å². The number of hydrogen-bond donors (Lipinski definition) is 1. The molecule has 1 aliphatic rings. The molecule has 1 aromatic heterocycles. The highest BCUT2D eigenvalue weighted by atomic mass is 16.5. The number of hydrogen-bond acceptors (Lipinski definition) is 5. The normalized spacial score (nSPS) is 15.2. The van der Waals surface area contributed by atoms with Crippen molar-refractivity contribution in [1.29, 1.82) is 0 Å². The molecule has 27 heavy (non-hydrogen) atoms. The number of aromatic nitrogens is 2. The molecule has 1 aliphatic heterocycles. The number of carbonyl (C=O) groups is 1. The van der Waals surface area contributed by atoms with E-state index < -0.39 is 0 Å². The van der Waals surface area contributed by atoms with Crippen molar-refractivity contribution >= 4 is 40.6 Å². The first kappa shape index (κ1) is 16.7. The first-order valence-electron chi connectivity index (χ1n) is 8.44. The Bertz CT molecular complexity index is 1090. The Hall–Kier alpha value is -3.80. The lowest BCUT2D eigenvalue weighted by Gasteiger charge is -2.12. The number of allylic oxidation sites excluding steroid dienone is 1. The van der Waals surface area contributed by atoms with Crippen LogP contribution in [0.2, 0.25) is 0 Å². The lowest BCUT2D eigenvalue weighted by Crippen LogP contribution is -1.99. The molecule has 0 atom stereocenters. The van der Waals surface area contributed by atoms with E-state index in [4.69, 9.17) is 4.74 Å². The molecule has 6 nitrogen and oxygen atoms in total. The molecule has 0 saturated heterocycles. The van der Waals surface area contributed by atoms with E-state index in [9.17, 15) is 4.79 Å². The first-order valence-corrected chi connectivity index (χ1v) is 8.44. The predicted molar refractivity (Wildman–Crippen MR) is 106 cm³/mol. The van der Waals surface area contributed by atoms with Gasteiger partial charge in [0.05, 0.1) is 5.52 Å². The number of carbonyl (C=O) groups excluding carboxylic acids is 1. The van der Waals surface area contributed by atoms with Gasteiger partial charge in [-0.25, -0.2) is 15.0 Å². The second kappa shape index (κ2) is 7.61. The van der Waals surface area contributed by atoms with Gasteiger partial charge in [0, 0.05) is 23.4 Å². The lowest BCUT2D eigenvalue weighted by atomic mass is 10.1. The topological polar surface area (TPSA) is 76.5 Å². The van der Waals surface area contributed by atoms with E-state index in [0.29, 0.717) is 11.6 Å². The zero-order valence-electron chi connectivity index (χ0n) is 14.4. The number of benzene rings is 2. The van der Waals surface area contributed by atoms with Gasteiger partial charge in [-0.1, -0.05) is 24.3 Å². The van der Waals surface area contributed by atoms with Gasteiger partial charge in [-0.2, -0.15) is 0 Å². The number of amides is 1. The van der Waals surface area contributed by atoms with E-state index in [1.807, 2.05) is 48.5 Å². The quantitative estimate of drug-likeness (QED) is 0.660. The smallest absolute Gasteiger partial charge is 0.269 e. The Kier molecular flexibility index (Phi) is 4.70. The fourth-order valence-electron chi connectivity index (χ4n) is 2.71. The molecule has 0 fully saturated rings. The number of para-hydroxylation sites is 1. The molecule has 0 saturated carbocycles. The number of anilines is 2. The first-order chi connectivity index (χ1) is 13.3. The van der Waals surface area contributed by atoms with Gasteiger partial charge >= 0.3 is 0 Å². The maximum atomic E-state index is 11.7. The van der Waals surface area contributed by atoms with Crippen LogP contribution in [0.15, 0.2) is 72.0 Å². The molecule has 6 heteroatoms. The Morgan fingerprint density at radius 1 is 1.04 bits per heavy atom. The Morgan fingerprint density at radius 3 is 2.93 bits per heavy atom. The summed E-state index contributed by atoms with van der Waals surface area (Å²) in [7, 11) is 0. The van der Waals surface area contributed by atoms with Crippen molar-refractivity contribution < 1.29 is 9.53 Å². The van der Waals surface area contributed by atoms with Crippen LogP contribution in [-0.2, 0) is 4.79 Å². The molecule has 0 aliphatic carbocycles. The summed E-state index contributed by atoms with van der Waals surface area (Å²) in [5.74, 6) is 1.02. The highest BCUT2D eigenvalue weighted by molar-refractivity contribution is 5.97. The highest BCUT2D eigenvalue weighted by Crippen LogP contribution is 2.28. The second-order valence-corrected chi connectivity index (χ2v) is 5.80. The number of rotatable bonds is 0. The van der Waals surface area contributed by atoms with Gasteiger partial charge < -0.3 is 10.1 Å². The third kappa shape index (κ3) is 3.90. The molecule has 0 unspecified atom stereocenters. The largest absolute Gasteiger partial charge is 0.490 e. The highest BCUT2D eigenvalue weighted by Gasteiger charge is 2.08. The van der Waals surface area contributed by atoms with Gasteiger partial charge in [-0.15, -0.1) is 0 Å². The predicted octanol–water partition coefficient (Wildman–Crippen LogP) is 3.93. The number of aliphatic imine (C=N–C) groups is 1. The molecule has 4 rings (SSSR count). The monoisotopic (exact) mass is 356 g/mol. The second-order valence-electron chi connectivity index (χ2n) is 5.80.